The van der Waals surface area contributed by atoms with Crippen LogP contribution in [0.15, 0.2) is 0 Å². The molecule has 0 bridgehead atoms. The Kier molecular flexibility index (Phi) is 5.48. The van der Waals surface area contributed by atoms with Gasteiger partial charge < -0.3 is 0 Å². The van der Waals surface area contributed by atoms with Gasteiger partial charge in [0.05, 0.1) is 5.25 Å². The molecule has 0 aromatic carbocycles. The number of nitrogens with zero attached hydrogens (tertiary/aromatic N) is 1. The van der Waals surface area contributed by atoms with E-state index < -0.39 is 15.3 Å². The van der Waals surface area contributed by atoms with Crippen molar-refractivity contribution in [2.45, 2.75) is 84.4 Å². The van der Waals surface area contributed by atoms with E-state index in [1.807, 2.05) is 34.6 Å². The molecule has 138 valence electrons. The molecular formula is C18H31NO4S. The van der Waals surface area contributed by atoms with Gasteiger partial charge in [-0.1, -0.05) is 34.6 Å². The van der Waals surface area contributed by atoms with Crippen molar-refractivity contribution in [3.05, 3.63) is 0 Å². The van der Waals surface area contributed by atoms with Crippen LogP contribution in [0.2, 0.25) is 0 Å². The molecule has 0 heterocycles. The van der Waals surface area contributed by atoms with Gasteiger partial charge in [0.25, 0.3) is 0 Å². The molecule has 0 aliphatic heterocycles. The number of hydrogen-bond acceptors (Lipinski definition) is 4. The Morgan fingerprint density at radius 3 is 2.17 bits per heavy atom. The van der Waals surface area contributed by atoms with Crippen LogP contribution in [0.4, 0.5) is 0 Å². The van der Waals surface area contributed by atoms with Crippen LogP contribution < -0.4 is 0 Å². The van der Waals surface area contributed by atoms with Crippen molar-refractivity contribution in [2.75, 3.05) is 0 Å². The Bertz CT molecular complexity index is 601. The number of Topliss-reactive ketones (excluding diaryl/α,β-unsaturated/α-hetero) is 1. The van der Waals surface area contributed by atoms with E-state index in [-0.39, 0.29) is 41.4 Å². The first-order chi connectivity index (χ1) is 11.0. The number of carbonyl (C=O) groups excluding carboxylic acids is 2. The lowest BCUT2D eigenvalue weighted by Gasteiger charge is -2.31. The summed E-state index contributed by atoms with van der Waals surface area (Å²) in [7, 11) is -3.59. The van der Waals surface area contributed by atoms with Gasteiger partial charge in [0, 0.05) is 24.8 Å². The minimum Gasteiger partial charge on any atom is -0.299 e. The zero-order valence-corrected chi connectivity index (χ0v) is 16.4. The highest BCUT2D eigenvalue weighted by molar-refractivity contribution is 7.90. The second-order valence-electron chi connectivity index (χ2n) is 8.70. The molecular weight excluding hydrogens is 326 g/mol. The van der Waals surface area contributed by atoms with E-state index >= 15 is 0 Å². The van der Waals surface area contributed by atoms with Gasteiger partial charge in [-0.05, 0) is 37.0 Å². The number of sulfonamides is 1. The normalized spacial score (nSPS) is 28.0. The summed E-state index contributed by atoms with van der Waals surface area (Å²) in [6.45, 7) is 9.65. The smallest absolute Gasteiger partial charge is 0.240 e. The van der Waals surface area contributed by atoms with Crippen molar-refractivity contribution in [3.63, 3.8) is 0 Å². The van der Waals surface area contributed by atoms with Crippen LogP contribution in [0.1, 0.15) is 73.1 Å². The summed E-state index contributed by atoms with van der Waals surface area (Å²) < 4.78 is 26.9. The lowest BCUT2D eigenvalue weighted by molar-refractivity contribution is -0.130. The van der Waals surface area contributed by atoms with E-state index in [0.29, 0.717) is 32.1 Å². The Hall–Kier alpha value is -0.910. The fourth-order valence-electron chi connectivity index (χ4n) is 3.73. The predicted octanol–water partition coefficient (Wildman–Crippen LogP) is 3.14. The minimum absolute atomic E-state index is 0.126. The fourth-order valence-corrected chi connectivity index (χ4v) is 5.72. The Labute approximate surface area is 146 Å². The van der Waals surface area contributed by atoms with Gasteiger partial charge in [-0.2, -0.15) is 0 Å². The molecule has 6 heteroatoms. The lowest BCUT2D eigenvalue weighted by Crippen LogP contribution is -2.46. The van der Waals surface area contributed by atoms with Crippen molar-refractivity contribution >= 4 is 21.7 Å². The summed E-state index contributed by atoms with van der Waals surface area (Å²) >= 11 is 0. The average Bonchev–Trinajstić information content (AvgIpc) is 3.21. The van der Waals surface area contributed by atoms with Gasteiger partial charge in [-0.3, -0.25) is 9.59 Å². The summed E-state index contributed by atoms with van der Waals surface area (Å²) in [6.07, 6.45) is 3.03. The topological polar surface area (TPSA) is 71.5 Å². The molecule has 24 heavy (non-hydrogen) atoms. The Morgan fingerprint density at radius 2 is 1.71 bits per heavy atom. The van der Waals surface area contributed by atoms with E-state index in [2.05, 4.69) is 0 Å². The Balaban J connectivity index is 2.27. The molecule has 2 rings (SSSR count). The van der Waals surface area contributed by atoms with Crippen LogP contribution in [0.25, 0.3) is 0 Å². The van der Waals surface area contributed by atoms with E-state index in [0.717, 1.165) is 0 Å². The van der Waals surface area contributed by atoms with Gasteiger partial charge >= 0.3 is 0 Å². The largest absolute Gasteiger partial charge is 0.299 e. The van der Waals surface area contributed by atoms with Crippen LogP contribution in [-0.2, 0) is 19.6 Å². The summed E-state index contributed by atoms with van der Waals surface area (Å²) in [4.78, 5) is 25.0. The summed E-state index contributed by atoms with van der Waals surface area (Å²) in [5.74, 6) is -0.130. The van der Waals surface area contributed by atoms with Gasteiger partial charge in [0.1, 0.15) is 5.78 Å². The highest BCUT2D eigenvalue weighted by Crippen LogP contribution is 2.41. The third kappa shape index (κ3) is 4.19. The van der Waals surface area contributed by atoms with Crippen molar-refractivity contribution in [2.24, 2.45) is 17.3 Å². The molecule has 0 aromatic heterocycles. The van der Waals surface area contributed by atoms with E-state index in [4.69, 9.17) is 0 Å². The van der Waals surface area contributed by atoms with Crippen LogP contribution >= 0.6 is 0 Å². The number of hydrogen-bond donors (Lipinski definition) is 0. The zero-order valence-electron chi connectivity index (χ0n) is 15.5. The molecule has 0 spiro atoms. The fraction of sp³-hybridized carbons (Fsp3) is 0.889. The first-order valence-corrected chi connectivity index (χ1v) is 10.6. The molecule has 1 amide bonds. The molecule has 0 aromatic rings. The maximum atomic E-state index is 12.9. The van der Waals surface area contributed by atoms with Crippen molar-refractivity contribution in [1.29, 1.82) is 0 Å². The first kappa shape index (κ1) is 19.4. The van der Waals surface area contributed by atoms with E-state index in [1.54, 1.807) is 0 Å². The first-order valence-electron chi connectivity index (χ1n) is 9.06. The van der Waals surface area contributed by atoms with Crippen LogP contribution in [-0.4, -0.2) is 35.7 Å². The quantitative estimate of drug-likeness (QED) is 0.732. The van der Waals surface area contributed by atoms with E-state index in [9.17, 15) is 18.0 Å². The summed E-state index contributed by atoms with van der Waals surface area (Å²) in [5.41, 5.74) is -0.267. The van der Waals surface area contributed by atoms with Crippen LogP contribution in [0.5, 0.6) is 0 Å². The van der Waals surface area contributed by atoms with Gasteiger partial charge in [-0.15, -0.1) is 0 Å². The van der Waals surface area contributed by atoms with Gasteiger partial charge in [0.15, 0.2) is 0 Å². The monoisotopic (exact) mass is 357 g/mol. The Morgan fingerprint density at radius 1 is 1.12 bits per heavy atom. The maximum absolute atomic E-state index is 12.9. The third-order valence-electron chi connectivity index (χ3n) is 5.10. The molecule has 2 fully saturated rings. The number of amides is 1. The molecule has 0 saturated heterocycles. The molecule has 0 unspecified atom stereocenters. The number of rotatable bonds is 6. The number of ketones is 1. The molecule has 0 radical (unpaired) electrons. The molecule has 5 nitrogen and oxygen atoms in total. The summed E-state index contributed by atoms with van der Waals surface area (Å²) in [5, 5.41) is -0.405. The van der Waals surface area contributed by atoms with Crippen molar-refractivity contribution in [3.8, 4) is 0 Å². The minimum atomic E-state index is -3.59. The highest BCUT2D eigenvalue weighted by Gasteiger charge is 2.49. The van der Waals surface area contributed by atoms with E-state index in [1.165, 1.54) is 4.31 Å². The van der Waals surface area contributed by atoms with Gasteiger partial charge in [0.2, 0.25) is 15.9 Å². The average molecular weight is 358 g/mol. The van der Waals surface area contributed by atoms with Crippen LogP contribution in [0.3, 0.4) is 0 Å². The second-order valence-corrected chi connectivity index (χ2v) is 10.8. The third-order valence-corrected chi connectivity index (χ3v) is 7.46. The SMILES string of the molecule is CCC(=O)[C@@H]1C[C@H](N(C(=O)CC(C)(C)C)S(=O)(=O)C2CC2)C[C@@H]1C. The zero-order chi connectivity index (χ0) is 18.3. The molecule has 3 atom stereocenters. The highest BCUT2D eigenvalue weighted by atomic mass is 32.2. The standard InChI is InChI=1S/C18H31NO4S/c1-6-16(20)15-10-13(9-12(15)2)19(17(21)11-18(3,4)5)24(22,23)14-7-8-14/h12-15H,6-11H2,1-5H3/t12-,13+,15+/m0/s1. The number of carbonyl (C=O) groups is 2. The second kappa shape index (κ2) is 6.77. The van der Waals surface area contributed by atoms with Gasteiger partial charge in [-0.25, -0.2) is 12.7 Å². The lowest BCUT2D eigenvalue weighted by atomic mass is 9.91. The maximum Gasteiger partial charge on any atom is 0.240 e. The summed E-state index contributed by atoms with van der Waals surface area (Å²) in [6, 6.07) is -0.360. The molecule has 2 aliphatic rings. The van der Waals surface area contributed by atoms with Crippen molar-refractivity contribution < 1.29 is 18.0 Å². The molecule has 2 saturated carbocycles. The van der Waals surface area contributed by atoms with Crippen LogP contribution in [0, 0.1) is 17.3 Å². The predicted molar refractivity (Wildman–Crippen MR) is 93.8 cm³/mol. The van der Waals surface area contributed by atoms with Crippen molar-refractivity contribution in [1.82, 2.24) is 4.31 Å². The molecule has 0 N–H and O–H groups in total. The molecule has 2 aliphatic carbocycles.